The second kappa shape index (κ2) is 9.34. The zero-order valence-corrected chi connectivity index (χ0v) is 19.2. The third-order valence-electron chi connectivity index (χ3n) is 5.81. The van der Waals surface area contributed by atoms with Crippen LogP contribution in [-0.2, 0) is 17.9 Å². The second-order valence-electron chi connectivity index (χ2n) is 8.29. The molecule has 35 heavy (non-hydrogen) atoms. The molecular weight excluding hydrogens is 478 g/mol. The van der Waals surface area contributed by atoms with E-state index in [1.807, 2.05) is 0 Å². The molecule has 0 bridgehead atoms. The summed E-state index contributed by atoms with van der Waals surface area (Å²) in [5.41, 5.74) is 1.17. The molecule has 180 valence electrons. The van der Waals surface area contributed by atoms with Crippen molar-refractivity contribution in [3.05, 3.63) is 74.0 Å². The van der Waals surface area contributed by atoms with Crippen LogP contribution in [0.25, 0.3) is 22.6 Å². The molecule has 2 aromatic carbocycles. The number of halogens is 1. The average Bonchev–Trinajstić information content (AvgIpc) is 3.49. The molecule has 0 unspecified atom stereocenters. The normalized spacial score (nSPS) is 13.3. The zero-order chi connectivity index (χ0) is 24.5. The van der Waals surface area contributed by atoms with Crippen LogP contribution in [-0.4, -0.2) is 36.5 Å². The number of nitrogens with zero attached hydrogens (tertiary/aromatic N) is 5. The molecule has 0 atom stereocenters. The zero-order valence-electron chi connectivity index (χ0n) is 18.4. The summed E-state index contributed by atoms with van der Waals surface area (Å²) in [4.78, 5) is 37.3. The van der Waals surface area contributed by atoms with E-state index in [2.05, 4.69) is 10.2 Å². The van der Waals surface area contributed by atoms with Gasteiger partial charge in [-0.3, -0.25) is 19.5 Å². The monoisotopic (exact) mass is 497 g/mol. The number of fused-ring (bicyclic) bond motifs is 1. The third kappa shape index (κ3) is 4.94. The largest absolute Gasteiger partial charge is 0.419 e. The lowest BCUT2D eigenvalue weighted by atomic mass is 10.2. The number of amides is 1. The van der Waals surface area contributed by atoms with E-state index >= 15 is 0 Å². The summed E-state index contributed by atoms with van der Waals surface area (Å²) >= 11 is 5.92. The Morgan fingerprint density at radius 3 is 2.66 bits per heavy atom. The number of non-ortho nitro benzene ring substituents is 1. The molecule has 0 N–H and O–H groups in total. The summed E-state index contributed by atoms with van der Waals surface area (Å²) in [6.45, 7) is 0.456. The summed E-state index contributed by atoms with van der Waals surface area (Å²) in [6.07, 6.45) is 2.43. The summed E-state index contributed by atoms with van der Waals surface area (Å²) in [5, 5.41) is 19.7. The van der Waals surface area contributed by atoms with E-state index in [1.54, 1.807) is 29.2 Å². The Morgan fingerprint density at radius 2 is 1.94 bits per heavy atom. The molecule has 1 saturated carbocycles. The molecule has 12 heteroatoms. The van der Waals surface area contributed by atoms with Crippen LogP contribution in [0.1, 0.15) is 31.6 Å². The Hall–Kier alpha value is -3.99. The molecule has 2 aromatic heterocycles. The molecule has 0 radical (unpaired) electrons. The number of rotatable bonds is 9. The van der Waals surface area contributed by atoms with Crippen LogP contribution in [0.5, 0.6) is 0 Å². The van der Waals surface area contributed by atoms with Crippen LogP contribution in [0.2, 0.25) is 5.02 Å². The number of benzene rings is 2. The molecule has 0 saturated heterocycles. The maximum absolute atomic E-state index is 13.0. The fourth-order valence-corrected chi connectivity index (χ4v) is 4.02. The molecular formula is C23H20ClN5O6. The average molecular weight is 498 g/mol. The van der Waals surface area contributed by atoms with Crippen LogP contribution in [0.4, 0.5) is 5.69 Å². The number of carbonyl (C=O) groups excluding carboxylic acids is 1. The van der Waals surface area contributed by atoms with Crippen molar-refractivity contribution in [2.75, 3.05) is 0 Å². The molecule has 1 amide bonds. The van der Waals surface area contributed by atoms with E-state index in [0.29, 0.717) is 28.7 Å². The number of aryl methyl sites for hydroxylation is 1. The van der Waals surface area contributed by atoms with E-state index in [0.717, 1.165) is 18.4 Å². The molecule has 2 heterocycles. The van der Waals surface area contributed by atoms with E-state index in [9.17, 15) is 19.7 Å². The lowest BCUT2D eigenvalue weighted by Gasteiger charge is -2.20. The van der Waals surface area contributed by atoms with Gasteiger partial charge in [-0.1, -0.05) is 11.6 Å². The summed E-state index contributed by atoms with van der Waals surface area (Å²) in [5.74, 6) is 0.00275. The van der Waals surface area contributed by atoms with Gasteiger partial charge in [-0.25, -0.2) is 4.79 Å². The predicted molar refractivity (Wildman–Crippen MR) is 125 cm³/mol. The number of hydrogen-bond acceptors (Lipinski definition) is 8. The van der Waals surface area contributed by atoms with E-state index in [4.69, 9.17) is 20.4 Å². The van der Waals surface area contributed by atoms with Crippen LogP contribution < -0.4 is 5.76 Å². The van der Waals surface area contributed by atoms with Gasteiger partial charge in [0.1, 0.15) is 0 Å². The smallest absolute Gasteiger partial charge is 0.419 e. The number of oxazole rings is 1. The highest BCUT2D eigenvalue weighted by molar-refractivity contribution is 6.30. The van der Waals surface area contributed by atoms with Gasteiger partial charge in [-0.05, 0) is 49.6 Å². The molecule has 0 spiro atoms. The van der Waals surface area contributed by atoms with Crippen LogP contribution in [0.15, 0.2) is 56.1 Å². The number of carbonyl (C=O) groups is 1. The first kappa shape index (κ1) is 22.8. The highest BCUT2D eigenvalue weighted by Crippen LogP contribution is 2.30. The van der Waals surface area contributed by atoms with Gasteiger partial charge in [0.2, 0.25) is 17.7 Å². The van der Waals surface area contributed by atoms with Gasteiger partial charge in [0.05, 0.1) is 23.1 Å². The van der Waals surface area contributed by atoms with Gasteiger partial charge >= 0.3 is 5.76 Å². The SMILES string of the molecule is O=C(CCCn1c(=O)oc2cc([N+](=O)[O-])ccc21)N(Cc1nnc(-c2ccc(Cl)cc2)o1)C1CC1. The topological polar surface area (TPSA) is 138 Å². The second-order valence-corrected chi connectivity index (χ2v) is 8.73. The van der Waals surface area contributed by atoms with Gasteiger partial charge in [-0.15, -0.1) is 10.2 Å². The number of nitro groups is 1. The van der Waals surface area contributed by atoms with Crippen LogP contribution >= 0.6 is 11.6 Å². The maximum atomic E-state index is 13.0. The van der Waals surface area contributed by atoms with Crippen molar-refractivity contribution in [2.24, 2.45) is 0 Å². The first-order valence-corrected chi connectivity index (χ1v) is 11.4. The highest BCUT2D eigenvalue weighted by Gasteiger charge is 2.33. The molecule has 1 fully saturated rings. The van der Waals surface area contributed by atoms with Crippen molar-refractivity contribution in [3.63, 3.8) is 0 Å². The Bertz CT molecular complexity index is 1450. The fraction of sp³-hybridized carbons (Fsp3) is 0.304. The Kier molecular flexibility index (Phi) is 6.08. The van der Waals surface area contributed by atoms with E-state index in [1.165, 1.54) is 22.8 Å². The first-order chi connectivity index (χ1) is 16.9. The lowest BCUT2D eigenvalue weighted by molar-refractivity contribution is -0.384. The summed E-state index contributed by atoms with van der Waals surface area (Å²) in [6, 6.07) is 11.2. The fourth-order valence-electron chi connectivity index (χ4n) is 3.89. The quantitative estimate of drug-likeness (QED) is 0.248. The summed E-state index contributed by atoms with van der Waals surface area (Å²) in [7, 11) is 0. The van der Waals surface area contributed by atoms with Crippen molar-refractivity contribution < 1.29 is 18.6 Å². The van der Waals surface area contributed by atoms with Crippen molar-refractivity contribution in [1.82, 2.24) is 19.7 Å². The first-order valence-electron chi connectivity index (χ1n) is 11.0. The molecule has 11 nitrogen and oxygen atoms in total. The molecule has 0 aliphatic heterocycles. The Morgan fingerprint density at radius 1 is 1.17 bits per heavy atom. The molecule has 4 aromatic rings. The standard InChI is InChI=1S/C23H20ClN5O6/c24-15-5-3-14(4-6-15)22-26-25-20(35-22)13-28(16-7-8-16)21(30)2-1-11-27-18-10-9-17(29(32)33)12-19(18)34-23(27)31/h3-6,9-10,12,16H,1-2,7-8,11,13H2. The lowest BCUT2D eigenvalue weighted by Crippen LogP contribution is -2.32. The Labute approximate surface area is 203 Å². The minimum atomic E-state index is -0.618. The molecule has 5 rings (SSSR count). The molecule has 1 aliphatic rings. The minimum Gasteiger partial charge on any atom is -0.419 e. The number of hydrogen-bond donors (Lipinski definition) is 0. The van der Waals surface area contributed by atoms with Gasteiger partial charge in [0.15, 0.2) is 5.58 Å². The van der Waals surface area contributed by atoms with Gasteiger partial charge in [0.25, 0.3) is 5.69 Å². The van der Waals surface area contributed by atoms with E-state index in [-0.39, 0.29) is 42.7 Å². The maximum Gasteiger partial charge on any atom is 0.419 e. The third-order valence-corrected chi connectivity index (χ3v) is 6.06. The van der Waals surface area contributed by atoms with Crippen molar-refractivity contribution in [2.45, 2.75) is 44.8 Å². The van der Waals surface area contributed by atoms with Gasteiger partial charge in [-0.2, -0.15) is 0 Å². The summed E-state index contributed by atoms with van der Waals surface area (Å²) < 4.78 is 12.3. The number of aromatic nitrogens is 3. The van der Waals surface area contributed by atoms with Crippen molar-refractivity contribution in [3.8, 4) is 11.5 Å². The van der Waals surface area contributed by atoms with Crippen LogP contribution in [0.3, 0.4) is 0 Å². The predicted octanol–water partition coefficient (Wildman–Crippen LogP) is 4.18. The Balaban J connectivity index is 1.23. The van der Waals surface area contributed by atoms with Crippen molar-refractivity contribution in [1.29, 1.82) is 0 Å². The van der Waals surface area contributed by atoms with Crippen molar-refractivity contribution >= 4 is 34.3 Å². The van der Waals surface area contributed by atoms with Gasteiger partial charge in [0, 0.05) is 35.7 Å². The number of nitro benzene ring substituents is 1. The van der Waals surface area contributed by atoms with Gasteiger partial charge < -0.3 is 13.7 Å². The minimum absolute atomic E-state index is 0.0739. The highest BCUT2D eigenvalue weighted by atomic mass is 35.5. The molecule has 1 aliphatic carbocycles. The van der Waals surface area contributed by atoms with Crippen LogP contribution in [0, 0.1) is 10.1 Å². The van der Waals surface area contributed by atoms with E-state index < -0.39 is 10.7 Å².